The molecular weight excluding hydrogens is 346 g/mol. The van der Waals surface area contributed by atoms with E-state index in [9.17, 15) is 9.59 Å². The van der Waals surface area contributed by atoms with Crippen LogP contribution in [0.2, 0.25) is 0 Å². The minimum Gasteiger partial charge on any atom is -0.496 e. The van der Waals surface area contributed by atoms with Gasteiger partial charge in [0.2, 0.25) is 0 Å². The number of carbonyl (C=O) groups excluding carboxylic acids is 2. The van der Waals surface area contributed by atoms with Crippen molar-refractivity contribution in [1.29, 1.82) is 0 Å². The van der Waals surface area contributed by atoms with E-state index in [1.54, 1.807) is 25.1 Å². The smallest absolute Gasteiger partial charge is 0.341 e. The fraction of sp³-hybridized carbons (Fsp3) is 0.619. The third kappa shape index (κ3) is 5.22. The highest BCUT2D eigenvalue weighted by atomic mass is 16.5. The average Bonchev–Trinajstić information content (AvgIpc) is 2.66. The minimum absolute atomic E-state index is 0.150. The molecule has 1 aliphatic rings. The fourth-order valence-electron chi connectivity index (χ4n) is 3.60. The van der Waals surface area contributed by atoms with Gasteiger partial charge in [-0.25, -0.2) is 4.79 Å². The predicted octanol–water partition coefficient (Wildman–Crippen LogP) is 4.19. The van der Waals surface area contributed by atoms with Gasteiger partial charge in [0.05, 0.1) is 13.7 Å². The number of benzene rings is 1. The molecule has 6 heteroatoms. The molecule has 2 atom stereocenters. The summed E-state index contributed by atoms with van der Waals surface area (Å²) in [6.07, 6.45) is 4.36. The Balaban J connectivity index is 2.24. The molecule has 1 N–H and O–H groups in total. The van der Waals surface area contributed by atoms with Crippen LogP contribution in [0, 0.1) is 5.92 Å². The Bertz CT molecular complexity index is 660. The van der Waals surface area contributed by atoms with E-state index >= 15 is 0 Å². The molecule has 2 rings (SSSR count). The van der Waals surface area contributed by atoms with Crippen molar-refractivity contribution >= 4 is 17.6 Å². The van der Waals surface area contributed by atoms with Crippen molar-refractivity contribution in [3.63, 3.8) is 0 Å². The number of nitrogens with one attached hydrogen (secondary N) is 1. The molecule has 0 radical (unpaired) electrons. The summed E-state index contributed by atoms with van der Waals surface area (Å²) in [6.45, 7) is 6.76. The van der Waals surface area contributed by atoms with Crippen LogP contribution in [0.3, 0.4) is 0 Å². The van der Waals surface area contributed by atoms with Crippen LogP contribution in [-0.2, 0) is 14.3 Å². The van der Waals surface area contributed by atoms with E-state index in [4.69, 9.17) is 14.2 Å². The van der Waals surface area contributed by atoms with Gasteiger partial charge in [-0.3, -0.25) is 4.79 Å². The van der Waals surface area contributed by atoms with Crippen molar-refractivity contribution < 1.29 is 23.8 Å². The van der Waals surface area contributed by atoms with E-state index in [2.05, 4.69) is 12.2 Å². The number of rotatable bonds is 8. The molecule has 1 aliphatic carbocycles. The van der Waals surface area contributed by atoms with Crippen LogP contribution in [0.4, 0.5) is 5.69 Å². The van der Waals surface area contributed by atoms with E-state index in [1.165, 1.54) is 7.11 Å². The highest BCUT2D eigenvalue weighted by Crippen LogP contribution is 2.36. The Kier molecular flexibility index (Phi) is 7.66. The number of ether oxygens (including phenoxy) is 3. The third-order valence-corrected chi connectivity index (χ3v) is 4.90. The fourth-order valence-corrected chi connectivity index (χ4v) is 3.60. The molecule has 0 saturated heterocycles. The number of methoxy groups -OCH3 is 1. The molecule has 0 unspecified atom stereocenters. The minimum atomic E-state index is -0.808. The van der Waals surface area contributed by atoms with Crippen LogP contribution in [0.1, 0.15) is 63.2 Å². The molecule has 1 aromatic rings. The number of anilines is 1. The zero-order valence-corrected chi connectivity index (χ0v) is 16.8. The van der Waals surface area contributed by atoms with Crippen LogP contribution in [0.25, 0.3) is 0 Å². The highest BCUT2D eigenvalue weighted by molar-refractivity contribution is 5.99. The molecule has 1 aromatic carbocycles. The summed E-state index contributed by atoms with van der Waals surface area (Å²) in [5.41, 5.74) is 0.0109. The van der Waals surface area contributed by atoms with E-state index in [1.807, 2.05) is 6.92 Å². The number of carbonyl (C=O) groups is 2. The molecule has 27 heavy (non-hydrogen) atoms. The quantitative estimate of drug-likeness (QED) is 0.688. The maximum atomic E-state index is 13.1. The van der Waals surface area contributed by atoms with Gasteiger partial charge in [0.25, 0.3) is 5.91 Å². The maximum Gasteiger partial charge on any atom is 0.341 e. The Morgan fingerprint density at radius 1 is 1.30 bits per heavy atom. The van der Waals surface area contributed by atoms with Crippen molar-refractivity contribution in [3.8, 4) is 5.75 Å². The summed E-state index contributed by atoms with van der Waals surface area (Å²) in [6, 6.07) is 4.97. The molecule has 1 saturated carbocycles. The molecule has 0 aromatic heterocycles. The lowest BCUT2D eigenvalue weighted by Gasteiger charge is -2.38. The lowest BCUT2D eigenvalue weighted by atomic mass is 9.78. The van der Waals surface area contributed by atoms with Crippen LogP contribution in [-0.4, -0.2) is 37.8 Å². The SMILES string of the molecule is CCCO[C@]1(C(=O)Nc2ccc(OC)c(C(=O)OCC)c2)CCC[C@H](C)C1. The Hall–Kier alpha value is -2.08. The van der Waals surface area contributed by atoms with Gasteiger partial charge in [-0.2, -0.15) is 0 Å². The second-order valence-corrected chi connectivity index (χ2v) is 7.13. The van der Waals surface area contributed by atoms with Crippen LogP contribution < -0.4 is 10.1 Å². The number of hydrogen-bond donors (Lipinski definition) is 1. The highest BCUT2D eigenvalue weighted by Gasteiger charge is 2.42. The van der Waals surface area contributed by atoms with E-state index in [0.29, 0.717) is 36.8 Å². The third-order valence-electron chi connectivity index (χ3n) is 4.90. The Morgan fingerprint density at radius 3 is 2.70 bits per heavy atom. The van der Waals surface area contributed by atoms with Gasteiger partial charge in [0, 0.05) is 12.3 Å². The molecule has 6 nitrogen and oxygen atoms in total. The zero-order valence-electron chi connectivity index (χ0n) is 16.8. The molecule has 0 bridgehead atoms. The number of hydrogen-bond acceptors (Lipinski definition) is 5. The zero-order chi connectivity index (χ0) is 19.9. The van der Waals surface area contributed by atoms with Crippen molar-refractivity contribution in [1.82, 2.24) is 0 Å². The van der Waals surface area contributed by atoms with Crippen molar-refractivity contribution in [2.45, 2.75) is 58.5 Å². The normalized spacial score (nSPS) is 22.1. The summed E-state index contributed by atoms with van der Waals surface area (Å²) >= 11 is 0. The average molecular weight is 377 g/mol. The largest absolute Gasteiger partial charge is 0.496 e. The molecule has 150 valence electrons. The number of amides is 1. The molecule has 0 heterocycles. The Labute approximate surface area is 161 Å². The number of esters is 1. The predicted molar refractivity (Wildman–Crippen MR) is 104 cm³/mol. The monoisotopic (exact) mass is 377 g/mol. The topological polar surface area (TPSA) is 73.9 Å². The molecular formula is C21H31NO5. The Morgan fingerprint density at radius 2 is 2.07 bits per heavy atom. The van der Waals surface area contributed by atoms with Gasteiger partial charge in [-0.05, 0) is 56.7 Å². The lowest BCUT2D eigenvalue weighted by Crippen LogP contribution is -2.48. The van der Waals surface area contributed by atoms with Crippen molar-refractivity contribution in [2.24, 2.45) is 5.92 Å². The summed E-state index contributed by atoms with van der Waals surface area (Å²) < 4.78 is 16.4. The summed E-state index contributed by atoms with van der Waals surface area (Å²) in [7, 11) is 1.49. The molecule has 0 spiro atoms. The first-order valence-corrected chi connectivity index (χ1v) is 9.76. The van der Waals surface area contributed by atoms with E-state index in [0.717, 1.165) is 19.3 Å². The molecule has 0 aliphatic heterocycles. The van der Waals surface area contributed by atoms with Gasteiger partial charge in [0.1, 0.15) is 16.9 Å². The standard InChI is InChI=1S/C21H31NO5/c1-5-12-27-21(11-7-8-15(3)14-21)20(24)22-16-9-10-18(25-4)17(13-16)19(23)26-6-2/h9-10,13,15H,5-8,11-12,14H2,1-4H3,(H,22,24)/t15-,21+/m0/s1. The van der Waals surface area contributed by atoms with E-state index < -0.39 is 11.6 Å². The van der Waals surface area contributed by atoms with Gasteiger partial charge >= 0.3 is 5.97 Å². The summed E-state index contributed by atoms with van der Waals surface area (Å²) in [5, 5.41) is 2.94. The summed E-state index contributed by atoms with van der Waals surface area (Å²) in [5.74, 6) is 0.221. The first-order chi connectivity index (χ1) is 13.0. The first-order valence-electron chi connectivity index (χ1n) is 9.76. The molecule has 1 amide bonds. The second kappa shape index (κ2) is 9.74. The van der Waals surface area contributed by atoms with E-state index in [-0.39, 0.29) is 18.1 Å². The first kappa shape index (κ1) is 21.2. The second-order valence-electron chi connectivity index (χ2n) is 7.13. The van der Waals surface area contributed by atoms with Crippen molar-refractivity contribution in [2.75, 3.05) is 25.6 Å². The van der Waals surface area contributed by atoms with Gasteiger partial charge in [0.15, 0.2) is 0 Å². The van der Waals surface area contributed by atoms with Crippen LogP contribution >= 0.6 is 0 Å². The lowest BCUT2D eigenvalue weighted by molar-refractivity contribution is -0.148. The van der Waals surface area contributed by atoms with Crippen LogP contribution in [0.15, 0.2) is 18.2 Å². The van der Waals surface area contributed by atoms with Gasteiger partial charge < -0.3 is 19.5 Å². The summed E-state index contributed by atoms with van der Waals surface area (Å²) in [4.78, 5) is 25.3. The molecule has 1 fully saturated rings. The van der Waals surface area contributed by atoms with Gasteiger partial charge in [-0.15, -0.1) is 0 Å². The van der Waals surface area contributed by atoms with Gasteiger partial charge in [-0.1, -0.05) is 20.3 Å². The van der Waals surface area contributed by atoms with Crippen LogP contribution in [0.5, 0.6) is 5.75 Å². The maximum absolute atomic E-state index is 13.1. The van der Waals surface area contributed by atoms with Crippen molar-refractivity contribution in [3.05, 3.63) is 23.8 Å².